The van der Waals surface area contributed by atoms with Gasteiger partial charge in [0.2, 0.25) is 5.89 Å². The maximum absolute atomic E-state index is 5.50. The highest BCUT2D eigenvalue weighted by Gasteiger charge is 2.24. The van der Waals surface area contributed by atoms with Gasteiger partial charge in [0.1, 0.15) is 0 Å². The Balaban J connectivity index is 1.67. The van der Waals surface area contributed by atoms with Crippen LogP contribution in [0.25, 0.3) is 0 Å². The van der Waals surface area contributed by atoms with E-state index in [2.05, 4.69) is 15.5 Å². The van der Waals surface area contributed by atoms with Gasteiger partial charge < -0.3 is 9.84 Å². The molecule has 1 aliphatic carbocycles. The topological polar surface area (TPSA) is 51.0 Å². The Bertz CT molecular complexity index is 363. The van der Waals surface area contributed by atoms with Crippen LogP contribution in [0.5, 0.6) is 0 Å². The highest BCUT2D eigenvalue weighted by molar-refractivity contribution is 5.01. The summed E-state index contributed by atoms with van der Waals surface area (Å²) in [6.45, 7) is 2.12. The molecule has 4 heteroatoms. The Kier molecular flexibility index (Phi) is 3.93. The van der Waals surface area contributed by atoms with E-state index in [1.807, 2.05) is 0 Å². The maximum Gasteiger partial charge on any atom is 0.231 e. The second kappa shape index (κ2) is 5.83. The minimum Gasteiger partial charge on any atom is -0.339 e. The molecular weight excluding hydrogens is 226 g/mol. The van der Waals surface area contributed by atoms with Crippen molar-refractivity contribution in [1.29, 1.82) is 0 Å². The van der Waals surface area contributed by atoms with Gasteiger partial charge in [-0.15, -0.1) is 0 Å². The lowest BCUT2D eigenvalue weighted by Gasteiger charge is -2.18. The fourth-order valence-electron chi connectivity index (χ4n) is 3.18. The average molecular weight is 249 g/mol. The molecule has 2 fully saturated rings. The van der Waals surface area contributed by atoms with Gasteiger partial charge in [0.05, 0.1) is 5.92 Å². The SMILES string of the molecule is C1CCCC(c2noc([C@@H]3CCCNC3)n2)CC1. The first-order valence-corrected chi connectivity index (χ1v) is 7.47. The van der Waals surface area contributed by atoms with Gasteiger partial charge in [-0.3, -0.25) is 0 Å². The second-order valence-corrected chi connectivity index (χ2v) is 5.72. The third kappa shape index (κ3) is 2.74. The molecule has 0 spiro atoms. The van der Waals surface area contributed by atoms with Crippen molar-refractivity contribution in [3.05, 3.63) is 11.7 Å². The van der Waals surface area contributed by atoms with Crippen LogP contribution in [0, 0.1) is 0 Å². The molecule has 2 heterocycles. The lowest BCUT2D eigenvalue weighted by atomic mass is 9.98. The molecule has 18 heavy (non-hydrogen) atoms. The minimum absolute atomic E-state index is 0.436. The summed E-state index contributed by atoms with van der Waals surface area (Å²) < 4.78 is 5.50. The molecule has 100 valence electrons. The molecule has 1 aromatic rings. The van der Waals surface area contributed by atoms with Gasteiger partial charge in [0.15, 0.2) is 5.82 Å². The summed E-state index contributed by atoms with van der Waals surface area (Å²) >= 11 is 0. The van der Waals surface area contributed by atoms with Crippen LogP contribution in [0.1, 0.15) is 74.9 Å². The predicted octanol–water partition coefficient (Wildman–Crippen LogP) is 2.97. The Hall–Kier alpha value is -0.900. The lowest BCUT2D eigenvalue weighted by molar-refractivity contribution is 0.318. The van der Waals surface area contributed by atoms with Gasteiger partial charge in [0.25, 0.3) is 0 Å². The highest BCUT2D eigenvalue weighted by atomic mass is 16.5. The largest absolute Gasteiger partial charge is 0.339 e. The third-order valence-electron chi connectivity index (χ3n) is 4.32. The number of hydrogen-bond acceptors (Lipinski definition) is 4. The van der Waals surface area contributed by atoms with Gasteiger partial charge in [-0.2, -0.15) is 4.98 Å². The second-order valence-electron chi connectivity index (χ2n) is 5.72. The van der Waals surface area contributed by atoms with Crippen LogP contribution in [0.3, 0.4) is 0 Å². The third-order valence-corrected chi connectivity index (χ3v) is 4.32. The van der Waals surface area contributed by atoms with Crippen molar-refractivity contribution >= 4 is 0 Å². The molecule has 0 radical (unpaired) electrons. The van der Waals surface area contributed by atoms with Crippen molar-refractivity contribution < 1.29 is 4.52 Å². The summed E-state index contributed by atoms with van der Waals surface area (Å²) in [5.41, 5.74) is 0. The normalized spacial score (nSPS) is 27.0. The highest BCUT2D eigenvalue weighted by Crippen LogP contribution is 2.31. The summed E-state index contributed by atoms with van der Waals surface area (Å²) in [5, 5.41) is 7.65. The van der Waals surface area contributed by atoms with Crippen LogP contribution >= 0.6 is 0 Å². The fourth-order valence-corrected chi connectivity index (χ4v) is 3.18. The van der Waals surface area contributed by atoms with Crippen molar-refractivity contribution in [2.24, 2.45) is 0 Å². The van der Waals surface area contributed by atoms with Gasteiger partial charge in [0, 0.05) is 12.5 Å². The Morgan fingerprint density at radius 1 is 0.944 bits per heavy atom. The quantitative estimate of drug-likeness (QED) is 0.819. The van der Waals surface area contributed by atoms with E-state index in [9.17, 15) is 0 Å². The van der Waals surface area contributed by atoms with Crippen LogP contribution in [0.2, 0.25) is 0 Å². The Morgan fingerprint density at radius 2 is 1.72 bits per heavy atom. The first-order valence-electron chi connectivity index (χ1n) is 7.47. The van der Waals surface area contributed by atoms with E-state index in [4.69, 9.17) is 4.52 Å². The van der Waals surface area contributed by atoms with E-state index in [1.54, 1.807) is 0 Å². The molecule has 0 aromatic carbocycles. The molecule has 0 amide bonds. The Labute approximate surface area is 109 Å². The molecular formula is C14H23N3O. The van der Waals surface area contributed by atoms with Crippen LogP contribution in [0.4, 0.5) is 0 Å². The standard InChI is InChI=1S/C14H23N3O/c1-2-4-7-11(6-3-1)13-16-14(18-17-13)12-8-5-9-15-10-12/h11-12,15H,1-10H2/t12-/m1/s1. The molecule has 1 aromatic heterocycles. The first kappa shape index (κ1) is 12.2. The zero-order chi connectivity index (χ0) is 12.2. The van der Waals surface area contributed by atoms with Crippen molar-refractivity contribution in [2.45, 2.75) is 63.2 Å². The van der Waals surface area contributed by atoms with E-state index in [0.717, 1.165) is 24.8 Å². The molecule has 1 atom stereocenters. The van der Waals surface area contributed by atoms with E-state index in [-0.39, 0.29) is 0 Å². The number of hydrogen-bond donors (Lipinski definition) is 1. The van der Waals surface area contributed by atoms with Crippen molar-refractivity contribution in [2.75, 3.05) is 13.1 Å². The molecule has 2 aliphatic rings. The smallest absolute Gasteiger partial charge is 0.231 e. The van der Waals surface area contributed by atoms with Gasteiger partial charge in [-0.05, 0) is 32.2 Å². The van der Waals surface area contributed by atoms with E-state index in [1.165, 1.54) is 51.4 Å². The minimum atomic E-state index is 0.436. The Morgan fingerprint density at radius 3 is 2.44 bits per heavy atom. The molecule has 4 nitrogen and oxygen atoms in total. The zero-order valence-electron chi connectivity index (χ0n) is 11.0. The van der Waals surface area contributed by atoms with E-state index in [0.29, 0.717) is 11.8 Å². The fraction of sp³-hybridized carbons (Fsp3) is 0.857. The average Bonchev–Trinajstić information content (AvgIpc) is 2.76. The molecule has 1 saturated heterocycles. The van der Waals surface area contributed by atoms with E-state index >= 15 is 0 Å². The maximum atomic E-state index is 5.50. The number of nitrogens with zero attached hydrogens (tertiary/aromatic N) is 2. The van der Waals surface area contributed by atoms with Crippen molar-refractivity contribution in [3.8, 4) is 0 Å². The lowest BCUT2D eigenvalue weighted by Crippen LogP contribution is -2.28. The molecule has 1 saturated carbocycles. The number of nitrogens with one attached hydrogen (secondary N) is 1. The number of piperidine rings is 1. The van der Waals surface area contributed by atoms with Crippen LogP contribution < -0.4 is 5.32 Å². The van der Waals surface area contributed by atoms with Gasteiger partial charge in [-0.25, -0.2) is 0 Å². The predicted molar refractivity (Wildman–Crippen MR) is 69.6 cm³/mol. The van der Waals surface area contributed by atoms with Crippen LogP contribution in [0.15, 0.2) is 4.52 Å². The molecule has 1 aliphatic heterocycles. The summed E-state index contributed by atoms with van der Waals surface area (Å²) in [7, 11) is 0. The van der Waals surface area contributed by atoms with Gasteiger partial charge in [-0.1, -0.05) is 30.8 Å². The van der Waals surface area contributed by atoms with Crippen LogP contribution in [-0.2, 0) is 0 Å². The summed E-state index contributed by atoms with van der Waals surface area (Å²) in [4.78, 5) is 4.68. The van der Waals surface area contributed by atoms with Crippen LogP contribution in [-0.4, -0.2) is 23.2 Å². The molecule has 3 rings (SSSR count). The summed E-state index contributed by atoms with van der Waals surface area (Å²) in [5.74, 6) is 2.81. The number of rotatable bonds is 2. The summed E-state index contributed by atoms with van der Waals surface area (Å²) in [6, 6.07) is 0. The number of aromatic nitrogens is 2. The monoisotopic (exact) mass is 249 g/mol. The molecule has 0 bridgehead atoms. The zero-order valence-corrected chi connectivity index (χ0v) is 11.0. The van der Waals surface area contributed by atoms with Crippen molar-refractivity contribution in [3.63, 3.8) is 0 Å². The first-order chi connectivity index (χ1) is 8.93. The molecule has 1 N–H and O–H groups in total. The summed E-state index contributed by atoms with van der Waals surface area (Å²) in [6.07, 6.45) is 10.2. The van der Waals surface area contributed by atoms with E-state index < -0.39 is 0 Å². The molecule has 0 unspecified atom stereocenters. The van der Waals surface area contributed by atoms with Gasteiger partial charge >= 0.3 is 0 Å². The van der Waals surface area contributed by atoms with Crippen molar-refractivity contribution in [1.82, 2.24) is 15.5 Å².